The molecule has 1 rings (SSSR count). The molecule has 1 aliphatic rings. The summed E-state index contributed by atoms with van der Waals surface area (Å²) in [5, 5.41) is 0. The molecular formula is C15H24O3. The Bertz CT molecular complexity index is 318. The molecule has 1 saturated carbocycles. The maximum atomic E-state index is 11.8. The van der Waals surface area contributed by atoms with Gasteiger partial charge in [-0.25, -0.2) is 0 Å². The Morgan fingerprint density at radius 1 is 1.39 bits per heavy atom. The largest absolute Gasteiger partial charge is 0.469 e. The summed E-state index contributed by atoms with van der Waals surface area (Å²) in [6.45, 7) is 2.19. The van der Waals surface area contributed by atoms with E-state index < -0.39 is 0 Å². The smallest absolute Gasteiger partial charge is 0.306 e. The lowest BCUT2D eigenvalue weighted by atomic mass is 9.97. The van der Waals surface area contributed by atoms with Crippen molar-refractivity contribution in [1.29, 1.82) is 0 Å². The molecular weight excluding hydrogens is 228 g/mol. The van der Waals surface area contributed by atoms with Gasteiger partial charge in [-0.15, -0.1) is 0 Å². The number of carbonyl (C=O) groups is 2. The van der Waals surface area contributed by atoms with E-state index >= 15 is 0 Å². The van der Waals surface area contributed by atoms with Gasteiger partial charge in [0.2, 0.25) is 0 Å². The first kappa shape index (κ1) is 14.9. The van der Waals surface area contributed by atoms with Gasteiger partial charge >= 0.3 is 5.97 Å². The summed E-state index contributed by atoms with van der Waals surface area (Å²) >= 11 is 0. The SMILES string of the molecule is CCCCCCC=C1C(=O)CCC1CC(=O)OC. The van der Waals surface area contributed by atoms with E-state index in [2.05, 4.69) is 17.7 Å². The van der Waals surface area contributed by atoms with Crippen molar-refractivity contribution < 1.29 is 14.3 Å². The standard InChI is InChI=1S/C15H24O3/c1-3-4-5-6-7-8-13-12(9-10-14(13)16)11-15(17)18-2/h8,12H,3-7,9-11H2,1-2H3. The van der Waals surface area contributed by atoms with Crippen molar-refractivity contribution in [2.24, 2.45) is 5.92 Å². The lowest BCUT2D eigenvalue weighted by Gasteiger charge is -2.09. The summed E-state index contributed by atoms with van der Waals surface area (Å²) < 4.78 is 4.68. The molecule has 18 heavy (non-hydrogen) atoms. The zero-order valence-corrected chi connectivity index (χ0v) is 11.5. The summed E-state index contributed by atoms with van der Waals surface area (Å²) in [6.07, 6.45) is 9.58. The van der Waals surface area contributed by atoms with Gasteiger partial charge in [0.1, 0.15) is 0 Å². The Labute approximate surface area is 110 Å². The highest BCUT2D eigenvalue weighted by molar-refractivity contribution is 5.98. The van der Waals surface area contributed by atoms with Crippen molar-refractivity contribution in [2.45, 2.75) is 58.3 Å². The van der Waals surface area contributed by atoms with Gasteiger partial charge < -0.3 is 4.74 Å². The van der Waals surface area contributed by atoms with Crippen LogP contribution in [0.3, 0.4) is 0 Å². The minimum absolute atomic E-state index is 0.0936. The molecule has 0 bridgehead atoms. The number of Topliss-reactive ketones (excluding diaryl/α,β-unsaturated/α-hetero) is 1. The van der Waals surface area contributed by atoms with Gasteiger partial charge in [-0.2, -0.15) is 0 Å². The third-order valence-corrected chi connectivity index (χ3v) is 3.54. The predicted octanol–water partition coefficient (Wildman–Crippen LogP) is 3.43. The molecule has 0 spiro atoms. The third-order valence-electron chi connectivity index (χ3n) is 3.54. The summed E-state index contributed by atoms with van der Waals surface area (Å²) in [6, 6.07) is 0. The van der Waals surface area contributed by atoms with Crippen LogP contribution in [0.1, 0.15) is 58.3 Å². The molecule has 0 amide bonds. The molecule has 1 unspecified atom stereocenters. The van der Waals surface area contributed by atoms with Crippen LogP contribution in [-0.2, 0) is 14.3 Å². The number of esters is 1. The summed E-state index contributed by atoms with van der Waals surface area (Å²) in [7, 11) is 1.40. The second-order valence-electron chi connectivity index (χ2n) is 4.95. The number of hydrogen-bond acceptors (Lipinski definition) is 3. The first-order valence-electron chi connectivity index (χ1n) is 6.99. The molecule has 0 N–H and O–H groups in total. The lowest BCUT2D eigenvalue weighted by Crippen LogP contribution is -2.10. The fraction of sp³-hybridized carbons (Fsp3) is 0.733. The van der Waals surface area contributed by atoms with E-state index in [0.717, 1.165) is 24.8 Å². The summed E-state index contributed by atoms with van der Waals surface area (Å²) in [5.41, 5.74) is 0.872. The van der Waals surface area contributed by atoms with Crippen molar-refractivity contribution in [3.63, 3.8) is 0 Å². The molecule has 0 saturated heterocycles. The van der Waals surface area contributed by atoms with E-state index in [4.69, 9.17) is 0 Å². The number of carbonyl (C=O) groups excluding carboxylic acids is 2. The minimum Gasteiger partial charge on any atom is -0.469 e. The first-order chi connectivity index (χ1) is 8.69. The number of unbranched alkanes of at least 4 members (excludes halogenated alkanes) is 4. The third kappa shape index (κ3) is 4.63. The zero-order valence-electron chi connectivity index (χ0n) is 11.5. The number of ether oxygens (including phenoxy) is 1. The Morgan fingerprint density at radius 3 is 2.83 bits per heavy atom. The van der Waals surface area contributed by atoms with Crippen LogP contribution < -0.4 is 0 Å². The monoisotopic (exact) mass is 252 g/mol. The van der Waals surface area contributed by atoms with E-state index in [9.17, 15) is 9.59 Å². The van der Waals surface area contributed by atoms with Crippen LogP contribution in [-0.4, -0.2) is 18.9 Å². The lowest BCUT2D eigenvalue weighted by molar-refractivity contribution is -0.141. The van der Waals surface area contributed by atoms with E-state index in [1.807, 2.05) is 0 Å². The second kappa shape index (κ2) is 8.06. The molecule has 1 aliphatic carbocycles. The maximum absolute atomic E-state index is 11.8. The Kier molecular flexibility index (Phi) is 6.69. The Hall–Kier alpha value is -1.12. The number of ketones is 1. The molecule has 0 aromatic rings. The quantitative estimate of drug-likeness (QED) is 0.396. The number of rotatable bonds is 7. The Morgan fingerprint density at radius 2 is 2.17 bits per heavy atom. The van der Waals surface area contributed by atoms with Crippen LogP contribution in [0.15, 0.2) is 11.6 Å². The van der Waals surface area contributed by atoms with Crippen LogP contribution in [0.4, 0.5) is 0 Å². The molecule has 0 aromatic carbocycles. The van der Waals surface area contributed by atoms with Crippen molar-refractivity contribution in [3.05, 3.63) is 11.6 Å². The molecule has 1 atom stereocenters. The van der Waals surface area contributed by atoms with Gasteiger partial charge in [-0.3, -0.25) is 9.59 Å². The van der Waals surface area contributed by atoms with Crippen molar-refractivity contribution in [1.82, 2.24) is 0 Å². The number of methoxy groups -OCH3 is 1. The topological polar surface area (TPSA) is 43.4 Å². The Balaban J connectivity index is 2.45. The molecule has 102 valence electrons. The van der Waals surface area contributed by atoms with Crippen molar-refractivity contribution >= 4 is 11.8 Å². The van der Waals surface area contributed by atoms with Gasteiger partial charge in [-0.05, 0) is 30.8 Å². The van der Waals surface area contributed by atoms with E-state index in [1.54, 1.807) is 0 Å². The molecule has 3 nitrogen and oxygen atoms in total. The van der Waals surface area contributed by atoms with E-state index in [-0.39, 0.29) is 17.7 Å². The zero-order chi connectivity index (χ0) is 13.4. The highest BCUT2D eigenvalue weighted by Gasteiger charge is 2.29. The highest BCUT2D eigenvalue weighted by Crippen LogP contribution is 2.31. The molecule has 0 aromatic heterocycles. The van der Waals surface area contributed by atoms with Gasteiger partial charge in [-0.1, -0.05) is 32.3 Å². The van der Waals surface area contributed by atoms with Crippen LogP contribution in [0, 0.1) is 5.92 Å². The van der Waals surface area contributed by atoms with Crippen molar-refractivity contribution in [2.75, 3.05) is 7.11 Å². The molecule has 0 radical (unpaired) electrons. The summed E-state index contributed by atoms with van der Waals surface area (Å²) in [5.74, 6) is 0.0992. The maximum Gasteiger partial charge on any atom is 0.306 e. The number of allylic oxidation sites excluding steroid dienone is 2. The average molecular weight is 252 g/mol. The second-order valence-corrected chi connectivity index (χ2v) is 4.95. The van der Waals surface area contributed by atoms with E-state index in [1.165, 1.54) is 26.4 Å². The fourth-order valence-electron chi connectivity index (χ4n) is 2.44. The number of hydrogen-bond donors (Lipinski definition) is 0. The minimum atomic E-state index is -0.216. The first-order valence-corrected chi connectivity index (χ1v) is 6.99. The van der Waals surface area contributed by atoms with Crippen LogP contribution >= 0.6 is 0 Å². The van der Waals surface area contributed by atoms with Crippen molar-refractivity contribution in [3.8, 4) is 0 Å². The van der Waals surface area contributed by atoms with Gasteiger partial charge in [0, 0.05) is 6.42 Å². The molecule has 3 heteroatoms. The normalized spacial score (nSPS) is 21.6. The van der Waals surface area contributed by atoms with Crippen LogP contribution in [0.2, 0.25) is 0 Å². The van der Waals surface area contributed by atoms with Gasteiger partial charge in [0.15, 0.2) is 5.78 Å². The fourth-order valence-corrected chi connectivity index (χ4v) is 2.44. The van der Waals surface area contributed by atoms with E-state index in [0.29, 0.717) is 12.8 Å². The van der Waals surface area contributed by atoms with Gasteiger partial charge in [0.05, 0.1) is 13.5 Å². The summed E-state index contributed by atoms with van der Waals surface area (Å²) in [4.78, 5) is 23.0. The predicted molar refractivity (Wildman–Crippen MR) is 71.2 cm³/mol. The van der Waals surface area contributed by atoms with Crippen LogP contribution in [0.25, 0.3) is 0 Å². The average Bonchev–Trinajstić information content (AvgIpc) is 2.70. The van der Waals surface area contributed by atoms with Crippen LogP contribution in [0.5, 0.6) is 0 Å². The van der Waals surface area contributed by atoms with Gasteiger partial charge in [0.25, 0.3) is 0 Å². The molecule has 1 fully saturated rings. The highest BCUT2D eigenvalue weighted by atomic mass is 16.5. The molecule has 0 heterocycles. The molecule has 0 aliphatic heterocycles.